The van der Waals surface area contributed by atoms with Crippen molar-refractivity contribution in [3.05, 3.63) is 46.3 Å². The standard InChI is InChI=1S/C20H24FN3O3/c1-12-11-24(13(2)25)6-5-20(12,3)16-7-14(9-23-19(16)26)15-8-18(27-4)22-10-17(15)21/h7-10,12H,5-6,11H2,1-4H3,(H,23,26)/t12?,20-/m0/s1. The van der Waals surface area contributed by atoms with Crippen molar-refractivity contribution >= 4 is 5.91 Å². The SMILES string of the molecule is COc1cc(-c2c[nH]c(=O)c([C@@]3(C)CCN(C(C)=O)CC3C)c2)c(F)cn1. The highest BCUT2D eigenvalue weighted by Gasteiger charge is 2.40. The van der Waals surface area contributed by atoms with Crippen LogP contribution in [0.5, 0.6) is 5.88 Å². The zero-order valence-corrected chi connectivity index (χ0v) is 16.0. The van der Waals surface area contributed by atoms with E-state index in [1.165, 1.54) is 19.4 Å². The Balaban J connectivity index is 2.04. The van der Waals surface area contributed by atoms with Gasteiger partial charge < -0.3 is 14.6 Å². The van der Waals surface area contributed by atoms with Crippen LogP contribution >= 0.6 is 0 Å². The number of carbonyl (C=O) groups excluding carboxylic acids is 1. The van der Waals surface area contributed by atoms with Crippen LogP contribution < -0.4 is 10.3 Å². The fraction of sp³-hybridized carbons (Fsp3) is 0.450. The summed E-state index contributed by atoms with van der Waals surface area (Å²) in [6.07, 6.45) is 3.28. The van der Waals surface area contributed by atoms with Gasteiger partial charge in [0.25, 0.3) is 5.56 Å². The first-order valence-corrected chi connectivity index (χ1v) is 8.95. The molecule has 0 aliphatic carbocycles. The molecule has 1 saturated heterocycles. The van der Waals surface area contributed by atoms with Crippen molar-refractivity contribution in [1.82, 2.24) is 14.9 Å². The van der Waals surface area contributed by atoms with Crippen LogP contribution in [0.3, 0.4) is 0 Å². The van der Waals surface area contributed by atoms with Gasteiger partial charge in [-0.25, -0.2) is 9.37 Å². The summed E-state index contributed by atoms with van der Waals surface area (Å²) < 4.78 is 19.4. The molecule has 6 nitrogen and oxygen atoms in total. The van der Waals surface area contributed by atoms with Gasteiger partial charge in [-0.2, -0.15) is 0 Å². The first-order valence-electron chi connectivity index (χ1n) is 8.95. The van der Waals surface area contributed by atoms with Gasteiger partial charge in [-0.05, 0) is 18.4 Å². The number of halogens is 1. The number of H-pyrrole nitrogens is 1. The van der Waals surface area contributed by atoms with Crippen LogP contribution in [0.4, 0.5) is 4.39 Å². The van der Waals surface area contributed by atoms with Gasteiger partial charge in [0.15, 0.2) is 0 Å². The molecule has 1 unspecified atom stereocenters. The predicted octanol–water partition coefficient (Wildman–Crippen LogP) is 2.73. The monoisotopic (exact) mass is 373 g/mol. The van der Waals surface area contributed by atoms with E-state index in [2.05, 4.69) is 9.97 Å². The zero-order chi connectivity index (χ0) is 19.8. The Hall–Kier alpha value is -2.70. The van der Waals surface area contributed by atoms with Crippen molar-refractivity contribution in [3.63, 3.8) is 0 Å². The molecule has 2 atom stereocenters. The fourth-order valence-corrected chi connectivity index (χ4v) is 3.74. The number of carbonyl (C=O) groups is 1. The van der Waals surface area contributed by atoms with Crippen LogP contribution in [0.25, 0.3) is 11.1 Å². The van der Waals surface area contributed by atoms with Crippen LogP contribution in [0.15, 0.2) is 29.3 Å². The summed E-state index contributed by atoms with van der Waals surface area (Å²) in [5.41, 5.74) is 0.877. The summed E-state index contributed by atoms with van der Waals surface area (Å²) in [4.78, 5) is 32.7. The van der Waals surface area contributed by atoms with E-state index in [0.29, 0.717) is 42.1 Å². The number of piperidine rings is 1. The number of amides is 1. The second-order valence-electron chi connectivity index (χ2n) is 7.37. The van der Waals surface area contributed by atoms with Gasteiger partial charge in [-0.3, -0.25) is 9.59 Å². The molecule has 1 fully saturated rings. The smallest absolute Gasteiger partial charge is 0.251 e. The molecule has 2 aromatic heterocycles. The maximum atomic E-state index is 14.3. The lowest BCUT2D eigenvalue weighted by molar-refractivity contribution is -0.131. The lowest BCUT2D eigenvalue weighted by atomic mass is 9.68. The number of rotatable bonds is 3. The number of hydrogen-bond acceptors (Lipinski definition) is 4. The van der Waals surface area contributed by atoms with Crippen LogP contribution in [0.1, 0.15) is 32.8 Å². The first kappa shape index (κ1) is 19.1. The minimum absolute atomic E-state index is 0.0394. The summed E-state index contributed by atoms with van der Waals surface area (Å²) in [6.45, 7) is 6.82. The quantitative estimate of drug-likeness (QED) is 0.898. The number of nitrogens with one attached hydrogen (secondary N) is 1. The molecule has 1 amide bonds. The van der Waals surface area contributed by atoms with E-state index in [1.54, 1.807) is 17.9 Å². The predicted molar refractivity (Wildman–Crippen MR) is 100 cm³/mol. The molecule has 7 heteroatoms. The molecule has 1 aliphatic heterocycles. The Labute approximate surface area is 157 Å². The maximum absolute atomic E-state index is 14.3. The first-order chi connectivity index (χ1) is 12.8. The van der Waals surface area contributed by atoms with Crippen molar-refractivity contribution in [3.8, 4) is 17.0 Å². The van der Waals surface area contributed by atoms with Gasteiger partial charge in [0.1, 0.15) is 5.82 Å². The van der Waals surface area contributed by atoms with Crippen molar-refractivity contribution < 1.29 is 13.9 Å². The lowest BCUT2D eigenvalue weighted by Gasteiger charge is -2.44. The van der Waals surface area contributed by atoms with Crippen molar-refractivity contribution in [1.29, 1.82) is 0 Å². The molecule has 3 heterocycles. The highest BCUT2D eigenvalue weighted by molar-refractivity contribution is 5.73. The van der Waals surface area contributed by atoms with E-state index in [4.69, 9.17) is 4.74 Å². The van der Waals surface area contributed by atoms with Crippen molar-refractivity contribution in [2.24, 2.45) is 5.92 Å². The minimum atomic E-state index is -0.488. The van der Waals surface area contributed by atoms with Gasteiger partial charge in [0, 0.05) is 54.4 Å². The summed E-state index contributed by atoms with van der Waals surface area (Å²) in [6, 6.07) is 3.26. The Morgan fingerprint density at radius 3 is 2.81 bits per heavy atom. The van der Waals surface area contributed by atoms with Crippen LogP contribution in [-0.4, -0.2) is 41.0 Å². The number of hydrogen-bond donors (Lipinski definition) is 1. The third kappa shape index (κ3) is 3.46. The van der Waals surface area contributed by atoms with E-state index >= 15 is 0 Å². The molecule has 144 valence electrons. The number of likely N-dealkylation sites (tertiary alicyclic amines) is 1. The second kappa shape index (κ2) is 7.13. The highest BCUT2D eigenvalue weighted by Crippen LogP contribution is 2.39. The van der Waals surface area contributed by atoms with E-state index < -0.39 is 11.2 Å². The summed E-state index contributed by atoms with van der Waals surface area (Å²) in [7, 11) is 1.47. The number of methoxy groups -OCH3 is 1. The van der Waals surface area contributed by atoms with Crippen molar-refractivity contribution in [2.75, 3.05) is 20.2 Å². The molecule has 0 spiro atoms. The summed E-state index contributed by atoms with van der Waals surface area (Å²) in [5.74, 6) is -0.0623. The molecule has 1 N–H and O–H groups in total. The highest BCUT2D eigenvalue weighted by atomic mass is 19.1. The molecule has 0 bridgehead atoms. The van der Waals surface area contributed by atoms with Gasteiger partial charge in [-0.15, -0.1) is 0 Å². The molecular weight excluding hydrogens is 349 g/mol. The normalized spacial score (nSPS) is 22.6. The van der Waals surface area contributed by atoms with Crippen LogP contribution in [-0.2, 0) is 10.2 Å². The maximum Gasteiger partial charge on any atom is 0.251 e. The summed E-state index contributed by atoms with van der Waals surface area (Å²) >= 11 is 0. The Morgan fingerprint density at radius 1 is 1.44 bits per heavy atom. The van der Waals surface area contributed by atoms with E-state index in [1.807, 2.05) is 13.8 Å². The van der Waals surface area contributed by atoms with Crippen LogP contribution in [0.2, 0.25) is 0 Å². The Bertz CT molecular complexity index is 927. The average Bonchev–Trinajstić information content (AvgIpc) is 2.64. The Morgan fingerprint density at radius 2 is 2.19 bits per heavy atom. The second-order valence-corrected chi connectivity index (χ2v) is 7.37. The molecule has 0 saturated carbocycles. The minimum Gasteiger partial charge on any atom is -0.481 e. The largest absolute Gasteiger partial charge is 0.481 e. The third-order valence-electron chi connectivity index (χ3n) is 5.80. The molecule has 1 aliphatic rings. The number of pyridine rings is 2. The number of ether oxygens (including phenoxy) is 1. The van der Waals surface area contributed by atoms with Crippen molar-refractivity contribution in [2.45, 2.75) is 32.6 Å². The molecule has 27 heavy (non-hydrogen) atoms. The molecule has 0 aromatic carbocycles. The molecular formula is C20H24FN3O3. The van der Waals surface area contributed by atoms with Gasteiger partial charge >= 0.3 is 0 Å². The Kier molecular flexibility index (Phi) is 5.04. The number of nitrogens with zero attached hydrogens (tertiary/aromatic N) is 2. The van der Waals surface area contributed by atoms with Gasteiger partial charge in [0.05, 0.1) is 13.3 Å². The average molecular weight is 373 g/mol. The topological polar surface area (TPSA) is 75.3 Å². The van der Waals surface area contributed by atoms with Crippen LogP contribution in [0, 0.1) is 11.7 Å². The number of aromatic amines is 1. The number of aromatic nitrogens is 2. The third-order valence-corrected chi connectivity index (χ3v) is 5.80. The lowest BCUT2D eigenvalue weighted by Crippen LogP contribution is -2.50. The molecule has 0 radical (unpaired) electrons. The van der Waals surface area contributed by atoms with Gasteiger partial charge in [-0.1, -0.05) is 13.8 Å². The van der Waals surface area contributed by atoms with Gasteiger partial charge in [0.2, 0.25) is 11.8 Å². The van der Waals surface area contributed by atoms with E-state index in [9.17, 15) is 14.0 Å². The summed E-state index contributed by atoms with van der Waals surface area (Å²) in [5, 5.41) is 0. The fourth-order valence-electron chi connectivity index (χ4n) is 3.74. The molecule has 2 aromatic rings. The van der Waals surface area contributed by atoms with E-state index in [-0.39, 0.29) is 17.4 Å². The molecule has 3 rings (SSSR count). The van der Waals surface area contributed by atoms with E-state index in [0.717, 1.165) is 6.20 Å². The zero-order valence-electron chi connectivity index (χ0n) is 16.0.